The van der Waals surface area contributed by atoms with Crippen LogP contribution in [0.1, 0.15) is 145 Å². The number of aliphatic hydroxyl groups is 2. The van der Waals surface area contributed by atoms with Crippen molar-refractivity contribution in [1.29, 1.82) is 5.41 Å². The number of likely N-dealkylation sites (N-methyl/N-ethyl adjacent to an activating group) is 1. The van der Waals surface area contributed by atoms with Gasteiger partial charge in [-0.1, -0.05) is 157 Å². The standard InChI is InChI=1S/2C35H36ClNO3S.C4H9N3O2.Mg.Na/c2*1-34(2,40)30-9-4-3-7-25(30)13-17-32(41-23-35(18-19-35)22-33(38)39)27-8-5-6-24(20-27)10-15-29-16-12-26-11-14-28(36)21-31(26)37-29;1-7(4(5)6)2-3(8)9;;/h2*3-12,14-16,20-21,32,40H,13,17-19,22-23H2,1-2H3,(H,38,39);2H2,1H3,(H3,5,6)(H,8,9);;/q;;;+2;+1/b2*15-10+;;;/t2*32-;;;/m11.../s1. The van der Waals surface area contributed by atoms with Gasteiger partial charge in [0, 0.05) is 49.9 Å². The third-order valence-electron chi connectivity index (χ3n) is 16.4. The van der Waals surface area contributed by atoms with Crippen molar-refractivity contribution in [3.63, 3.8) is 0 Å². The summed E-state index contributed by atoms with van der Waals surface area (Å²) in [6.07, 6.45) is 16.0. The van der Waals surface area contributed by atoms with E-state index in [0.717, 1.165) is 134 Å². The minimum absolute atomic E-state index is 0. The number of nitrogens with zero attached hydrogens (tertiary/aromatic N) is 3. The number of carboxylic acid groups (broad SMARTS) is 3. The number of aryl methyl sites for hydroxylation is 2. The molecule has 0 aliphatic heterocycles. The fourth-order valence-electron chi connectivity index (χ4n) is 11.0. The molecule has 2 aliphatic rings. The molecule has 0 saturated heterocycles. The molecule has 2 aromatic heterocycles. The SMILES string of the molecule is CC(C)(O)c1ccccc1CC[C@@H](SCC1(CC(=O)O)CC1)c1cccc(/C=C/c2ccc3ccc(Cl)cc3n2)c1.CC(C)(O)c1ccccc1CC[C@@H](SCC1(CC(=O)O)CC1)c1cccc(/C=C/c2ccc3ccc(Cl)cc3n2)c1.CN(CC(=O)O)C(=N)N.[Mg+2].[Na+]. The van der Waals surface area contributed by atoms with Crippen molar-refractivity contribution in [3.8, 4) is 0 Å². The Kier molecular flexibility index (Phi) is 28.5. The zero-order chi connectivity index (χ0) is 65.5. The van der Waals surface area contributed by atoms with Crippen LogP contribution in [0.3, 0.4) is 0 Å². The van der Waals surface area contributed by atoms with Crippen LogP contribution in [-0.4, -0.2) is 112 Å². The fraction of sp³-hybridized carbons (Fsp3) is 0.324. The molecule has 93 heavy (non-hydrogen) atoms. The number of nitrogens with two attached hydrogens (primary N) is 1. The maximum atomic E-state index is 11.5. The van der Waals surface area contributed by atoms with E-state index in [-0.39, 0.29) is 99.3 Å². The van der Waals surface area contributed by atoms with Crippen LogP contribution < -0.4 is 35.3 Å². The number of pyridine rings is 2. The third-order valence-corrected chi connectivity index (χ3v) is 20.3. The van der Waals surface area contributed by atoms with Gasteiger partial charge in [0.15, 0.2) is 5.96 Å². The van der Waals surface area contributed by atoms with Crippen molar-refractivity contribution in [1.82, 2.24) is 14.9 Å². The van der Waals surface area contributed by atoms with E-state index in [0.29, 0.717) is 10.0 Å². The summed E-state index contributed by atoms with van der Waals surface area (Å²) in [5, 5.41) is 59.1. The number of hydrogen-bond acceptors (Lipinski definition) is 10. The quantitative estimate of drug-likeness (QED) is 0.0152. The van der Waals surface area contributed by atoms with Crippen molar-refractivity contribution in [2.24, 2.45) is 16.6 Å². The third kappa shape index (κ3) is 23.8. The molecule has 10 rings (SSSR count). The molecule has 2 fully saturated rings. The summed E-state index contributed by atoms with van der Waals surface area (Å²) in [6.45, 7) is 7.09. The van der Waals surface area contributed by atoms with Gasteiger partial charge in [0.2, 0.25) is 0 Å². The first-order valence-corrected chi connectivity index (χ1v) is 33.3. The van der Waals surface area contributed by atoms with Gasteiger partial charge in [-0.2, -0.15) is 23.5 Å². The first-order valence-electron chi connectivity index (χ1n) is 30.5. The molecular weight excluding hydrogens is 1270 g/mol. The Bertz CT molecular complexity index is 3710. The molecule has 2 heterocycles. The molecule has 8 aromatic rings. The first-order chi connectivity index (χ1) is 43.2. The van der Waals surface area contributed by atoms with E-state index >= 15 is 0 Å². The number of benzene rings is 6. The Balaban J connectivity index is 0.000000256. The predicted octanol–water partition coefficient (Wildman–Crippen LogP) is 13.4. The Morgan fingerprint density at radius 3 is 1.31 bits per heavy atom. The molecule has 0 spiro atoms. The van der Waals surface area contributed by atoms with Gasteiger partial charge < -0.3 is 36.2 Å². The van der Waals surface area contributed by atoms with Crippen molar-refractivity contribution >= 4 is 140 Å². The number of aromatic nitrogens is 2. The van der Waals surface area contributed by atoms with Crippen LogP contribution in [0.2, 0.25) is 10.0 Å². The zero-order valence-corrected chi connectivity index (χ0v) is 60.4. The maximum Gasteiger partial charge on any atom is 2.00 e. The Morgan fingerprint density at radius 1 is 0.581 bits per heavy atom. The number of carbonyl (C=O) groups is 3. The number of rotatable bonds is 26. The van der Waals surface area contributed by atoms with Gasteiger partial charge in [-0.3, -0.25) is 19.8 Å². The summed E-state index contributed by atoms with van der Waals surface area (Å²) < 4.78 is 0. The fourth-order valence-corrected chi connectivity index (χ4v) is 14.5. The largest absolute Gasteiger partial charge is 2.00 e. The summed E-state index contributed by atoms with van der Waals surface area (Å²) in [7, 11) is 1.44. The number of carboxylic acids is 3. The molecule has 2 atom stereocenters. The summed E-state index contributed by atoms with van der Waals surface area (Å²) in [5.41, 5.74) is 15.2. The summed E-state index contributed by atoms with van der Waals surface area (Å²) >= 11 is 16.1. The maximum absolute atomic E-state index is 11.5. The molecule has 6 aromatic carbocycles. The topological polar surface area (TPSA) is 231 Å². The van der Waals surface area contributed by atoms with Gasteiger partial charge in [0.05, 0.1) is 46.5 Å². The summed E-state index contributed by atoms with van der Waals surface area (Å²) in [6, 6.07) is 52.9. The van der Waals surface area contributed by atoms with Crippen LogP contribution in [0, 0.1) is 16.2 Å². The average Bonchev–Trinajstić information content (AvgIpc) is 1.72. The second kappa shape index (κ2) is 34.8. The van der Waals surface area contributed by atoms with Crippen LogP contribution in [0.5, 0.6) is 0 Å². The second-order valence-corrected chi connectivity index (χ2v) is 28.3. The van der Waals surface area contributed by atoms with Crippen LogP contribution in [-0.2, 0) is 38.4 Å². The molecule has 0 amide bonds. The predicted molar refractivity (Wildman–Crippen MR) is 380 cm³/mol. The Hall–Kier alpha value is -5.73. The van der Waals surface area contributed by atoms with E-state index in [9.17, 15) is 34.8 Å². The molecule has 19 heteroatoms. The van der Waals surface area contributed by atoms with Gasteiger partial charge >= 0.3 is 70.5 Å². The normalized spacial score (nSPS) is 14.3. The molecule has 0 bridgehead atoms. The number of aliphatic carboxylic acids is 3. The van der Waals surface area contributed by atoms with Crippen molar-refractivity contribution in [2.75, 3.05) is 25.1 Å². The smallest absolute Gasteiger partial charge is 0.481 e. The number of nitrogens with one attached hydrogen (secondary N) is 1. The van der Waals surface area contributed by atoms with Gasteiger partial charge in [-0.25, -0.2) is 9.97 Å². The van der Waals surface area contributed by atoms with Crippen LogP contribution in [0.15, 0.2) is 158 Å². The van der Waals surface area contributed by atoms with Crippen LogP contribution in [0.25, 0.3) is 46.1 Å². The summed E-state index contributed by atoms with van der Waals surface area (Å²) in [4.78, 5) is 43.5. The number of halogens is 2. The first kappa shape index (κ1) is 76.3. The number of thioether (sulfide) groups is 2. The average molecular weight is 1350 g/mol. The molecule has 2 aliphatic carbocycles. The monoisotopic (exact) mass is 1350 g/mol. The molecule has 0 radical (unpaired) electrons. The molecule has 2 saturated carbocycles. The van der Waals surface area contributed by atoms with E-state index in [1.165, 1.54) is 18.2 Å². The van der Waals surface area contributed by atoms with E-state index in [4.69, 9.17) is 49.4 Å². The molecular formula is C74H81Cl2MgN5NaO8S2+3. The van der Waals surface area contributed by atoms with Gasteiger partial charge in [-0.15, -0.1) is 0 Å². The van der Waals surface area contributed by atoms with Gasteiger partial charge in [-0.05, 0) is 183 Å². The Morgan fingerprint density at radius 2 is 0.968 bits per heavy atom. The van der Waals surface area contributed by atoms with Crippen LogP contribution >= 0.6 is 46.7 Å². The molecule has 8 N–H and O–H groups in total. The van der Waals surface area contributed by atoms with Gasteiger partial charge in [0.1, 0.15) is 6.54 Å². The van der Waals surface area contributed by atoms with Crippen LogP contribution in [0.4, 0.5) is 0 Å². The van der Waals surface area contributed by atoms with Crippen molar-refractivity contribution in [3.05, 3.63) is 224 Å². The zero-order valence-electron chi connectivity index (χ0n) is 53.8. The van der Waals surface area contributed by atoms with E-state index in [1.807, 2.05) is 148 Å². The number of fused-ring (bicyclic) bond motifs is 2. The van der Waals surface area contributed by atoms with E-state index < -0.39 is 29.1 Å². The van der Waals surface area contributed by atoms with Gasteiger partial charge in [0.25, 0.3) is 0 Å². The minimum atomic E-state index is -0.993. The Labute approximate surface area is 603 Å². The minimum Gasteiger partial charge on any atom is -0.481 e. The molecule has 476 valence electrons. The van der Waals surface area contributed by atoms with E-state index in [1.54, 1.807) is 0 Å². The molecule has 0 unspecified atom stereocenters. The summed E-state index contributed by atoms with van der Waals surface area (Å²) in [5.74, 6) is -0.988. The molecule has 13 nitrogen and oxygen atoms in total. The number of hydrogen-bond donors (Lipinski definition) is 7. The van der Waals surface area contributed by atoms with Crippen molar-refractivity contribution < 1.29 is 69.5 Å². The van der Waals surface area contributed by atoms with E-state index in [2.05, 4.69) is 84.9 Å². The number of guanidine groups is 1. The second-order valence-electron chi connectivity index (χ2n) is 25.0. The van der Waals surface area contributed by atoms with Crippen molar-refractivity contribution in [2.45, 2.75) is 114 Å².